The summed E-state index contributed by atoms with van der Waals surface area (Å²) in [6, 6.07) is 10.6. The molecule has 1 unspecified atom stereocenters. The average molecular weight is 448 g/mol. The molecule has 2 aromatic heterocycles. The minimum atomic E-state index is -0.707. The predicted octanol–water partition coefficient (Wildman–Crippen LogP) is 3.79. The minimum absolute atomic E-state index is 0.0331. The van der Waals surface area contributed by atoms with Crippen molar-refractivity contribution in [2.75, 3.05) is 12.4 Å². The summed E-state index contributed by atoms with van der Waals surface area (Å²) in [5.74, 6) is -1.13. The van der Waals surface area contributed by atoms with Crippen LogP contribution >= 0.6 is 0 Å². The number of anilines is 1. The first-order valence-electron chi connectivity index (χ1n) is 10.1. The molecule has 0 aliphatic carbocycles. The van der Waals surface area contributed by atoms with E-state index in [0.717, 1.165) is 11.6 Å². The zero-order valence-electron chi connectivity index (χ0n) is 17.7. The Morgan fingerprint density at radius 3 is 2.70 bits per heavy atom. The number of nitrogens with one attached hydrogen (secondary N) is 1. The molecule has 5 rings (SSSR count). The number of benzene rings is 2. The van der Waals surface area contributed by atoms with E-state index in [9.17, 15) is 13.6 Å². The van der Waals surface area contributed by atoms with Gasteiger partial charge in [0.2, 0.25) is 5.91 Å². The molecule has 4 aromatic rings. The third-order valence-electron chi connectivity index (χ3n) is 5.49. The summed E-state index contributed by atoms with van der Waals surface area (Å²) >= 11 is 0. The number of carbonyl (C=O) groups is 1. The summed E-state index contributed by atoms with van der Waals surface area (Å²) in [6.07, 6.45) is 1.55. The van der Waals surface area contributed by atoms with Crippen LogP contribution in [0.1, 0.15) is 29.2 Å². The second-order valence-corrected chi connectivity index (χ2v) is 7.64. The van der Waals surface area contributed by atoms with Gasteiger partial charge in [0.05, 0.1) is 24.7 Å². The van der Waals surface area contributed by atoms with E-state index in [0.29, 0.717) is 34.1 Å². The Bertz CT molecular complexity index is 1370. The molecule has 0 saturated carbocycles. The number of nitrogens with zero attached hydrogens (tertiary/aromatic N) is 5. The Kier molecular flexibility index (Phi) is 5.04. The van der Waals surface area contributed by atoms with Gasteiger partial charge in [0.15, 0.2) is 0 Å². The number of hydrogen-bond acceptors (Lipinski definition) is 6. The van der Waals surface area contributed by atoms with Crippen LogP contribution in [-0.4, -0.2) is 38.0 Å². The standard InChI is InChI=1S/C23H18F2N6O2/c1-12-21-18(14-6-15(24)9-16(25)7-14)10-20(32)28-22(21)31(30-12)23-27-19(11-26-29-23)13-4-3-5-17(8-13)33-2/h3-9,11,18H,10H2,1-2H3,(H,28,32). The lowest BCUT2D eigenvalue weighted by molar-refractivity contribution is -0.116. The van der Waals surface area contributed by atoms with Crippen molar-refractivity contribution in [2.45, 2.75) is 19.3 Å². The van der Waals surface area contributed by atoms with E-state index in [1.807, 2.05) is 24.3 Å². The number of halogens is 2. The highest BCUT2D eigenvalue weighted by atomic mass is 19.1. The summed E-state index contributed by atoms with van der Waals surface area (Å²) in [4.78, 5) is 17.1. The molecule has 1 atom stereocenters. The molecule has 0 radical (unpaired) electrons. The van der Waals surface area contributed by atoms with Crippen molar-refractivity contribution >= 4 is 11.7 Å². The van der Waals surface area contributed by atoms with E-state index >= 15 is 0 Å². The highest BCUT2D eigenvalue weighted by molar-refractivity contribution is 5.95. The van der Waals surface area contributed by atoms with Crippen LogP contribution in [0.4, 0.5) is 14.6 Å². The zero-order chi connectivity index (χ0) is 23.1. The van der Waals surface area contributed by atoms with Crippen LogP contribution in [0.25, 0.3) is 17.2 Å². The van der Waals surface area contributed by atoms with E-state index < -0.39 is 17.6 Å². The van der Waals surface area contributed by atoms with Gasteiger partial charge in [-0.15, -0.1) is 5.10 Å². The fourth-order valence-corrected chi connectivity index (χ4v) is 4.06. The number of carbonyl (C=O) groups excluding carboxylic acids is 1. The number of rotatable bonds is 4. The molecular weight excluding hydrogens is 430 g/mol. The van der Waals surface area contributed by atoms with Crippen LogP contribution < -0.4 is 10.1 Å². The molecular formula is C23H18F2N6O2. The minimum Gasteiger partial charge on any atom is -0.497 e. The average Bonchev–Trinajstić information content (AvgIpc) is 3.14. The van der Waals surface area contributed by atoms with Gasteiger partial charge >= 0.3 is 0 Å². The molecule has 0 fully saturated rings. The van der Waals surface area contributed by atoms with Crippen molar-refractivity contribution < 1.29 is 18.3 Å². The quantitative estimate of drug-likeness (QED) is 0.510. The highest BCUT2D eigenvalue weighted by Crippen LogP contribution is 2.40. The first kappa shape index (κ1) is 20.7. The molecule has 8 nitrogen and oxygen atoms in total. The Hall–Kier alpha value is -4.21. The predicted molar refractivity (Wildman–Crippen MR) is 115 cm³/mol. The number of fused-ring (bicyclic) bond motifs is 1. The van der Waals surface area contributed by atoms with Gasteiger partial charge in [-0.25, -0.2) is 13.8 Å². The number of aryl methyl sites for hydroxylation is 1. The van der Waals surface area contributed by atoms with Crippen molar-refractivity contribution in [1.82, 2.24) is 25.0 Å². The Balaban J connectivity index is 1.61. The molecule has 10 heteroatoms. The summed E-state index contributed by atoms with van der Waals surface area (Å²) < 4.78 is 34.4. The Morgan fingerprint density at radius 2 is 1.94 bits per heavy atom. The monoisotopic (exact) mass is 448 g/mol. The van der Waals surface area contributed by atoms with Gasteiger partial charge in [-0.3, -0.25) is 4.79 Å². The van der Waals surface area contributed by atoms with Crippen molar-refractivity contribution in [3.8, 4) is 23.0 Å². The van der Waals surface area contributed by atoms with E-state index in [1.54, 1.807) is 14.0 Å². The molecule has 166 valence electrons. The Labute approximate surface area is 187 Å². The molecule has 1 N–H and O–H groups in total. The molecule has 3 heterocycles. The lowest BCUT2D eigenvalue weighted by Crippen LogP contribution is -2.25. The molecule has 0 saturated heterocycles. The topological polar surface area (TPSA) is 94.8 Å². The molecule has 0 bridgehead atoms. The SMILES string of the molecule is COc1cccc(-c2cnnc(-n3nc(C)c4c3NC(=O)CC4c3cc(F)cc(F)c3)n2)c1. The molecule has 33 heavy (non-hydrogen) atoms. The van der Waals surface area contributed by atoms with Gasteiger partial charge in [-0.2, -0.15) is 14.9 Å². The fourth-order valence-electron chi connectivity index (χ4n) is 4.06. The normalized spacial score (nSPS) is 15.2. The van der Waals surface area contributed by atoms with Crippen LogP contribution in [0.15, 0.2) is 48.7 Å². The van der Waals surface area contributed by atoms with Crippen molar-refractivity contribution in [3.63, 3.8) is 0 Å². The molecule has 1 amide bonds. The molecule has 1 aliphatic rings. The molecule has 0 spiro atoms. The van der Waals surface area contributed by atoms with E-state index in [1.165, 1.54) is 23.0 Å². The summed E-state index contributed by atoms with van der Waals surface area (Å²) in [5, 5.41) is 15.4. The number of amides is 1. The molecule has 1 aliphatic heterocycles. The molecule has 2 aromatic carbocycles. The van der Waals surface area contributed by atoms with Crippen LogP contribution in [0.3, 0.4) is 0 Å². The maximum atomic E-state index is 13.9. The van der Waals surface area contributed by atoms with E-state index in [4.69, 9.17) is 4.74 Å². The van der Waals surface area contributed by atoms with Crippen LogP contribution in [0.5, 0.6) is 5.75 Å². The third-order valence-corrected chi connectivity index (χ3v) is 5.49. The summed E-state index contributed by atoms with van der Waals surface area (Å²) in [6.45, 7) is 1.76. The van der Waals surface area contributed by atoms with Gasteiger partial charge in [0.25, 0.3) is 5.95 Å². The fraction of sp³-hybridized carbons (Fsp3) is 0.174. The van der Waals surface area contributed by atoms with Gasteiger partial charge in [-0.05, 0) is 36.8 Å². The van der Waals surface area contributed by atoms with Gasteiger partial charge < -0.3 is 10.1 Å². The largest absolute Gasteiger partial charge is 0.497 e. The lowest BCUT2D eigenvalue weighted by atomic mass is 9.85. The van der Waals surface area contributed by atoms with Gasteiger partial charge in [-0.1, -0.05) is 12.1 Å². The van der Waals surface area contributed by atoms with E-state index in [-0.39, 0.29) is 18.3 Å². The highest BCUT2D eigenvalue weighted by Gasteiger charge is 2.33. The number of aromatic nitrogens is 5. The van der Waals surface area contributed by atoms with Crippen LogP contribution in [0.2, 0.25) is 0 Å². The van der Waals surface area contributed by atoms with Gasteiger partial charge in [0.1, 0.15) is 23.2 Å². The number of hydrogen-bond donors (Lipinski definition) is 1. The Morgan fingerprint density at radius 1 is 1.15 bits per heavy atom. The van der Waals surface area contributed by atoms with Gasteiger partial charge in [0, 0.05) is 29.5 Å². The van der Waals surface area contributed by atoms with Crippen molar-refractivity contribution in [1.29, 1.82) is 0 Å². The van der Waals surface area contributed by atoms with Crippen molar-refractivity contribution in [3.05, 3.63) is 77.1 Å². The smallest absolute Gasteiger partial charge is 0.272 e. The second-order valence-electron chi connectivity index (χ2n) is 7.64. The van der Waals surface area contributed by atoms with E-state index in [2.05, 4.69) is 25.6 Å². The first-order chi connectivity index (χ1) is 15.9. The first-order valence-corrected chi connectivity index (χ1v) is 10.1. The lowest BCUT2D eigenvalue weighted by Gasteiger charge is -2.24. The summed E-state index contributed by atoms with van der Waals surface area (Å²) in [7, 11) is 1.57. The second kappa shape index (κ2) is 8.05. The maximum Gasteiger partial charge on any atom is 0.272 e. The third kappa shape index (κ3) is 3.79. The van der Waals surface area contributed by atoms with Crippen molar-refractivity contribution in [2.24, 2.45) is 0 Å². The number of ether oxygens (including phenoxy) is 1. The van der Waals surface area contributed by atoms with Crippen LogP contribution in [0, 0.1) is 18.6 Å². The zero-order valence-corrected chi connectivity index (χ0v) is 17.7. The number of methoxy groups -OCH3 is 1. The van der Waals surface area contributed by atoms with Crippen LogP contribution in [-0.2, 0) is 4.79 Å². The maximum absolute atomic E-state index is 13.9. The summed E-state index contributed by atoms with van der Waals surface area (Å²) in [5.41, 5.74) is 2.88.